The smallest absolute Gasteiger partial charge is 0.389 e. The summed E-state index contributed by atoms with van der Waals surface area (Å²) in [6.07, 6.45) is 0. The van der Waals surface area contributed by atoms with Gasteiger partial charge in [0.1, 0.15) is 0 Å². The zero-order valence-electron chi connectivity index (χ0n) is 23.7. The first-order valence-corrected chi connectivity index (χ1v) is 23.3. The largest absolute Gasteiger partial charge is 0.411 e. The van der Waals surface area contributed by atoms with Crippen LogP contribution in [0.4, 0.5) is 0 Å². The van der Waals surface area contributed by atoms with Crippen LogP contribution in [0.5, 0.6) is 0 Å². The van der Waals surface area contributed by atoms with Crippen LogP contribution in [0.2, 0.25) is 19.6 Å². The van der Waals surface area contributed by atoms with Crippen molar-refractivity contribution < 1.29 is 25.3 Å². The van der Waals surface area contributed by atoms with Crippen LogP contribution in [0, 0.1) is 0 Å². The molecule has 4 aromatic carbocycles. The molecule has 0 spiro atoms. The first kappa shape index (κ1) is 58.9. The van der Waals surface area contributed by atoms with Crippen molar-refractivity contribution in [3.8, 4) is 0 Å². The van der Waals surface area contributed by atoms with Crippen molar-refractivity contribution in [2.24, 2.45) is 0 Å². The summed E-state index contributed by atoms with van der Waals surface area (Å²) in [5.74, 6) is 0. The summed E-state index contributed by atoms with van der Waals surface area (Å²) in [6, 6.07) is 41.0. The molecule has 0 aromatic heterocycles. The van der Waals surface area contributed by atoms with Crippen LogP contribution < -0.4 is 20.7 Å². The fraction of sp³-hybridized carbons (Fsp3) is 0.368. The molecule has 0 bridgehead atoms. The van der Waals surface area contributed by atoms with Gasteiger partial charge in [-0.3, -0.25) is 0 Å². The molecule has 2 atom stereocenters. The van der Waals surface area contributed by atoms with Gasteiger partial charge in [0.05, 0.1) is 0 Å². The highest BCUT2D eigenvalue weighted by atomic mass is 28.5. The third kappa shape index (κ3) is 14.5. The summed E-state index contributed by atoms with van der Waals surface area (Å²) in [4.78, 5) is 0. The zero-order valence-corrected chi connectivity index (χ0v) is 29.2. The molecule has 49 heavy (non-hydrogen) atoms. The van der Waals surface area contributed by atoms with Gasteiger partial charge in [0.25, 0.3) is 0 Å². The second kappa shape index (κ2) is 28.4. The number of hydrogen-bond donors (Lipinski definition) is 0. The van der Waals surface area contributed by atoms with E-state index in [1.54, 1.807) is 14.2 Å². The van der Waals surface area contributed by atoms with Crippen LogP contribution in [0.1, 0.15) is 66.8 Å². The Morgan fingerprint density at radius 2 is 0.510 bits per heavy atom. The van der Waals surface area contributed by atoms with Gasteiger partial charge < -0.3 is 25.3 Å². The van der Waals surface area contributed by atoms with E-state index in [0.29, 0.717) is 0 Å². The molecule has 282 valence electrons. The summed E-state index contributed by atoms with van der Waals surface area (Å²) in [6.45, 7) is 6.14. The van der Waals surface area contributed by atoms with Crippen molar-refractivity contribution in [3.63, 3.8) is 0 Å². The minimum Gasteiger partial charge on any atom is -0.411 e. The van der Waals surface area contributed by atoms with Crippen LogP contribution in [0.25, 0.3) is 0 Å². The topological polar surface area (TPSA) is 55.4 Å². The van der Waals surface area contributed by atoms with E-state index in [0.717, 1.165) is 20.7 Å². The van der Waals surface area contributed by atoms with Crippen molar-refractivity contribution in [2.45, 2.75) is 86.5 Å². The lowest BCUT2D eigenvalue weighted by molar-refractivity contribution is 0.283. The molecule has 0 aliphatic carbocycles. The predicted molar refractivity (Wildman–Crippen MR) is 234 cm³/mol. The van der Waals surface area contributed by atoms with Gasteiger partial charge in [0.2, 0.25) is 0 Å². The van der Waals surface area contributed by atoms with Crippen LogP contribution in [-0.4, -0.2) is 59.2 Å². The Hall–Kier alpha value is -2.28. The molecule has 0 saturated carbocycles. The summed E-state index contributed by atoms with van der Waals surface area (Å²) in [5, 5.41) is 4.08. The molecule has 11 heteroatoms. The van der Waals surface area contributed by atoms with Gasteiger partial charge >= 0.3 is 45.0 Å². The first-order valence-electron chi connectivity index (χ1n) is 13.4. The van der Waals surface area contributed by atoms with E-state index >= 15 is 0 Å². The molecule has 0 heterocycles. The van der Waals surface area contributed by atoms with Crippen molar-refractivity contribution in [1.82, 2.24) is 0 Å². The molecule has 0 radical (unpaired) electrons. The van der Waals surface area contributed by atoms with Crippen molar-refractivity contribution in [1.29, 1.82) is 0 Å². The van der Waals surface area contributed by atoms with Gasteiger partial charge in [-0.2, -0.15) is 0 Å². The molecule has 0 saturated heterocycles. The van der Waals surface area contributed by atoms with Crippen LogP contribution in [-0.2, 0) is 25.3 Å². The maximum atomic E-state index is 7.21. The Balaban J connectivity index is -0.000000514. The molecule has 0 aliphatic heterocycles. The molecule has 0 amide bonds. The molecule has 4 rings (SSSR count). The average molecular weight is 767 g/mol. The highest BCUT2D eigenvalue weighted by Crippen LogP contribution is 2.19. The van der Waals surface area contributed by atoms with Gasteiger partial charge in [0.15, 0.2) is 0 Å². The normalized spacial score (nSPS) is 11.8. The van der Waals surface area contributed by atoms with Crippen molar-refractivity contribution >= 4 is 65.7 Å². The third-order valence-electron chi connectivity index (χ3n) is 6.61. The van der Waals surface area contributed by atoms with E-state index in [1.165, 1.54) is 0 Å². The summed E-state index contributed by atoms with van der Waals surface area (Å²) < 4.78 is 39.7. The minimum atomic E-state index is -3.22. The Morgan fingerprint density at radius 3 is 0.694 bits per heavy atom. The molecule has 0 N–H and O–H groups in total. The van der Waals surface area contributed by atoms with Gasteiger partial charge in [-0.25, -0.2) is 0 Å². The minimum absolute atomic E-state index is 0. The maximum absolute atomic E-state index is 7.21. The van der Waals surface area contributed by atoms with Gasteiger partial charge in [-0.1, -0.05) is 188 Å². The number of hydrogen-bond acceptors (Lipinski definition) is 6. The van der Waals surface area contributed by atoms with Gasteiger partial charge in [0, 0.05) is 14.2 Å². The molecule has 2 unspecified atom stereocenters. The van der Waals surface area contributed by atoms with Crippen molar-refractivity contribution in [2.75, 3.05) is 14.2 Å². The molecular formula is C38H74O6Si5. The summed E-state index contributed by atoms with van der Waals surface area (Å²) >= 11 is 0. The van der Waals surface area contributed by atoms with Crippen LogP contribution in [0.3, 0.4) is 0 Å². The average Bonchev–Trinajstić information content (AvgIpc) is 3.01. The number of benzene rings is 4. The highest BCUT2D eigenvalue weighted by molar-refractivity contribution is 7.01. The Kier molecular flexibility index (Phi) is 34.2. The zero-order chi connectivity index (χ0) is 28.4. The van der Waals surface area contributed by atoms with E-state index in [9.17, 15) is 0 Å². The number of rotatable bonds is 14. The van der Waals surface area contributed by atoms with Gasteiger partial charge in [-0.15, -0.1) is 0 Å². The van der Waals surface area contributed by atoms with E-state index in [-0.39, 0.29) is 66.8 Å². The summed E-state index contributed by atoms with van der Waals surface area (Å²) in [5.41, 5.74) is 0. The van der Waals surface area contributed by atoms with Crippen LogP contribution >= 0.6 is 0 Å². The molecular weight excluding hydrogens is 693 g/mol. The second-order valence-electron chi connectivity index (χ2n) is 9.34. The van der Waals surface area contributed by atoms with Crippen LogP contribution in [0.15, 0.2) is 121 Å². The SMILES string of the molecule is C.C.C.C.C.C.C.C.C.CO[SiH](C)O[Si](O[SiH](C)O[Si](O[SiH](C)OC)(c1ccccc1)c1ccccc1)(c1ccccc1)c1ccccc1. The lowest BCUT2D eigenvalue weighted by atomic mass is 10.4. The van der Waals surface area contributed by atoms with E-state index in [4.69, 9.17) is 25.3 Å². The lowest BCUT2D eigenvalue weighted by Crippen LogP contribution is -2.71. The molecule has 4 aromatic rings. The van der Waals surface area contributed by atoms with Gasteiger partial charge in [-0.05, 0) is 40.4 Å². The highest BCUT2D eigenvalue weighted by Gasteiger charge is 2.50. The molecule has 0 fully saturated rings. The Morgan fingerprint density at radius 1 is 0.327 bits per heavy atom. The maximum Gasteiger partial charge on any atom is 0.389 e. The Labute approximate surface area is 311 Å². The summed E-state index contributed by atoms with van der Waals surface area (Å²) in [7, 11) is -9.57. The Bertz CT molecular complexity index is 1110. The standard InChI is InChI=1S/C29H38O6Si5.9CH4/c1-30-36(3)32-39(26-18-10-6-11-19-26,27-20-12-7-13-21-27)34-38(5)35-40(33-37(4)31-2,28-22-14-8-15-23-28)29-24-16-9-17-25-29;;;;;;;;;/h6-25,36-38H,1-5H3;9*1H4. The molecule has 6 nitrogen and oxygen atoms in total. The fourth-order valence-corrected chi connectivity index (χ4v) is 22.5. The van der Waals surface area contributed by atoms with E-state index in [1.807, 2.05) is 85.9 Å². The fourth-order valence-electron chi connectivity index (χ4n) is 4.62. The second-order valence-corrected chi connectivity index (χ2v) is 22.2. The lowest BCUT2D eigenvalue weighted by Gasteiger charge is -2.40. The van der Waals surface area contributed by atoms with Crippen molar-refractivity contribution in [3.05, 3.63) is 121 Å². The first-order chi connectivity index (χ1) is 19.4. The third-order valence-corrected chi connectivity index (χ3v) is 22.9. The molecule has 0 aliphatic rings. The quantitative estimate of drug-likeness (QED) is 0.121. The predicted octanol–water partition coefficient (Wildman–Crippen LogP) is 8.13. The van der Waals surface area contributed by atoms with E-state index < -0.39 is 45.0 Å². The monoisotopic (exact) mass is 766 g/mol. The van der Waals surface area contributed by atoms with E-state index in [2.05, 4.69) is 55.1 Å².